The van der Waals surface area contributed by atoms with Crippen LogP contribution in [0.3, 0.4) is 0 Å². The third-order valence-corrected chi connectivity index (χ3v) is 3.65. The molecule has 0 spiro atoms. The van der Waals surface area contributed by atoms with Crippen molar-refractivity contribution in [1.82, 2.24) is 0 Å². The summed E-state index contributed by atoms with van der Waals surface area (Å²) in [5.74, 6) is -1.50. The Kier molecular flexibility index (Phi) is 5.15. The average Bonchev–Trinajstić information content (AvgIpc) is 2.24. The summed E-state index contributed by atoms with van der Waals surface area (Å²) in [4.78, 5) is 0.389. The van der Waals surface area contributed by atoms with Crippen molar-refractivity contribution in [2.45, 2.75) is 36.7 Å². The molecule has 0 aliphatic heterocycles. The largest absolute Gasteiger partial charge is 0.432 e. The zero-order chi connectivity index (χ0) is 13.9. The number of hydrogen-bond donors (Lipinski definition) is 2. The van der Waals surface area contributed by atoms with Crippen LogP contribution in [0.25, 0.3) is 0 Å². The molecule has 0 aliphatic carbocycles. The molecule has 0 heterocycles. The van der Waals surface area contributed by atoms with Gasteiger partial charge in [-0.1, -0.05) is 6.92 Å². The number of benzene rings is 1. The molecule has 18 heavy (non-hydrogen) atoms. The van der Waals surface area contributed by atoms with Crippen LogP contribution >= 0.6 is 11.8 Å². The Morgan fingerprint density at radius 2 is 1.94 bits per heavy atom. The monoisotopic (exact) mass is 281 g/mol. The Labute approximate surface area is 107 Å². The summed E-state index contributed by atoms with van der Waals surface area (Å²) >= 11 is 1.16. The minimum atomic E-state index is -3.10. The van der Waals surface area contributed by atoms with Gasteiger partial charge in [0.15, 0.2) is 11.6 Å². The third-order valence-electron chi connectivity index (χ3n) is 2.27. The number of rotatable bonds is 5. The fourth-order valence-electron chi connectivity index (χ4n) is 1.14. The van der Waals surface area contributed by atoms with E-state index in [0.29, 0.717) is 4.90 Å². The van der Waals surface area contributed by atoms with Crippen molar-refractivity contribution >= 4 is 17.4 Å². The number of halogens is 3. The molecule has 2 unspecified atom stereocenters. The number of ether oxygens (including phenoxy) is 1. The van der Waals surface area contributed by atoms with E-state index in [1.165, 1.54) is 0 Å². The van der Waals surface area contributed by atoms with Crippen LogP contribution in [0.1, 0.15) is 13.8 Å². The maximum Gasteiger partial charge on any atom is 0.387 e. The fraction of sp³-hybridized carbons (Fsp3) is 0.455. The standard InChI is InChI=1S/C11H14F3NO2S/c1-5(16)6(2)18-10-4-9(17-11(13)14)7(12)3-8(10)15/h3-6,11,16H,15H2,1-2H3. The lowest BCUT2D eigenvalue weighted by Gasteiger charge is -2.16. The van der Waals surface area contributed by atoms with Gasteiger partial charge in [0.1, 0.15) is 0 Å². The molecule has 2 atom stereocenters. The molecule has 0 saturated carbocycles. The third kappa shape index (κ3) is 3.99. The van der Waals surface area contributed by atoms with Crippen molar-refractivity contribution < 1.29 is 23.0 Å². The molecule has 0 radical (unpaired) electrons. The molecule has 3 N–H and O–H groups in total. The SMILES string of the molecule is CC(O)C(C)Sc1cc(OC(F)F)c(F)cc1N. The van der Waals surface area contributed by atoms with Gasteiger partial charge in [0.05, 0.1) is 6.10 Å². The zero-order valence-corrected chi connectivity index (χ0v) is 10.7. The zero-order valence-electron chi connectivity index (χ0n) is 9.86. The highest BCUT2D eigenvalue weighted by atomic mass is 32.2. The van der Waals surface area contributed by atoms with Crippen LogP contribution in [0.2, 0.25) is 0 Å². The number of thioether (sulfide) groups is 1. The van der Waals surface area contributed by atoms with Gasteiger partial charge >= 0.3 is 6.61 Å². The highest BCUT2D eigenvalue weighted by molar-refractivity contribution is 8.00. The first kappa shape index (κ1) is 15.0. The van der Waals surface area contributed by atoms with Gasteiger partial charge in [-0.05, 0) is 13.0 Å². The molecule has 0 bridgehead atoms. The molecule has 3 nitrogen and oxygen atoms in total. The van der Waals surface area contributed by atoms with Crippen molar-refractivity contribution in [3.8, 4) is 5.75 Å². The number of aliphatic hydroxyl groups is 1. The van der Waals surface area contributed by atoms with Gasteiger partial charge in [0, 0.05) is 21.9 Å². The van der Waals surface area contributed by atoms with E-state index in [9.17, 15) is 18.3 Å². The Morgan fingerprint density at radius 3 is 2.44 bits per heavy atom. The van der Waals surface area contributed by atoms with E-state index in [-0.39, 0.29) is 10.9 Å². The minimum Gasteiger partial charge on any atom is -0.432 e. The quantitative estimate of drug-likeness (QED) is 0.643. The van der Waals surface area contributed by atoms with Crippen LogP contribution in [0, 0.1) is 5.82 Å². The summed E-state index contributed by atoms with van der Waals surface area (Å²) in [7, 11) is 0. The van der Waals surface area contributed by atoms with Gasteiger partial charge in [-0.25, -0.2) is 4.39 Å². The molecular weight excluding hydrogens is 267 g/mol. The topological polar surface area (TPSA) is 55.5 Å². The molecular formula is C11H14F3NO2S. The highest BCUT2D eigenvalue weighted by Crippen LogP contribution is 2.35. The van der Waals surface area contributed by atoms with E-state index in [4.69, 9.17) is 5.73 Å². The number of alkyl halides is 2. The van der Waals surface area contributed by atoms with Crippen molar-refractivity contribution in [1.29, 1.82) is 0 Å². The van der Waals surface area contributed by atoms with Crippen LogP contribution < -0.4 is 10.5 Å². The average molecular weight is 281 g/mol. The van der Waals surface area contributed by atoms with Gasteiger partial charge in [0.2, 0.25) is 0 Å². The van der Waals surface area contributed by atoms with Crippen LogP contribution in [-0.2, 0) is 0 Å². The summed E-state index contributed by atoms with van der Waals surface area (Å²) in [5, 5.41) is 9.14. The normalized spacial score (nSPS) is 14.6. The van der Waals surface area contributed by atoms with E-state index in [0.717, 1.165) is 23.9 Å². The number of anilines is 1. The highest BCUT2D eigenvalue weighted by Gasteiger charge is 2.17. The Morgan fingerprint density at radius 1 is 1.33 bits per heavy atom. The van der Waals surface area contributed by atoms with E-state index < -0.39 is 24.3 Å². The Balaban J connectivity index is 2.97. The van der Waals surface area contributed by atoms with Gasteiger partial charge < -0.3 is 15.6 Å². The van der Waals surface area contributed by atoms with Crippen molar-refractivity contribution in [3.05, 3.63) is 17.9 Å². The molecule has 0 saturated heterocycles. The summed E-state index contributed by atoms with van der Waals surface area (Å²) in [5.41, 5.74) is 5.70. The number of hydrogen-bond acceptors (Lipinski definition) is 4. The Hall–Kier alpha value is -1.08. The van der Waals surface area contributed by atoms with E-state index in [2.05, 4.69) is 4.74 Å². The summed E-state index contributed by atoms with van der Waals surface area (Å²) in [6, 6.07) is 2.04. The van der Waals surface area contributed by atoms with Crippen molar-refractivity contribution in [2.24, 2.45) is 0 Å². The molecule has 0 fully saturated rings. The molecule has 1 rings (SSSR count). The molecule has 0 aliphatic rings. The second-order valence-electron chi connectivity index (χ2n) is 3.76. The van der Waals surface area contributed by atoms with E-state index in [1.807, 2.05) is 0 Å². The second kappa shape index (κ2) is 6.19. The first-order valence-electron chi connectivity index (χ1n) is 5.19. The molecule has 0 amide bonds. The number of aliphatic hydroxyl groups excluding tert-OH is 1. The predicted molar refractivity (Wildman–Crippen MR) is 64.4 cm³/mol. The van der Waals surface area contributed by atoms with Gasteiger partial charge in [-0.3, -0.25) is 0 Å². The van der Waals surface area contributed by atoms with Gasteiger partial charge in [0.25, 0.3) is 0 Å². The maximum atomic E-state index is 13.3. The molecule has 102 valence electrons. The van der Waals surface area contributed by atoms with Gasteiger partial charge in [-0.2, -0.15) is 8.78 Å². The number of nitrogen functional groups attached to an aromatic ring is 1. The molecule has 1 aromatic rings. The summed E-state index contributed by atoms with van der Waals surface area (Å²) < 4.78 is 41.4. The van der Waals surface area contributed by atoms with E-state index >= 15 is 0 Å². The molecule has 0 aromatic heterocycles. The van der Waals surface area contributed by atoms with Crippen LogP contribution in [0.15, 0.2) is 17.0 Å². The second-order valence-corrected chi connectivity index (χ2v) is 5.18. The van der Waals surface area contributed by atoms with Crippen molar-refractivity contribution in [2.75, 3.05) is 5.73 Å². The lowest BCUT2D eigenvalue weighted by atomic mass is 10.3. The van der Waals surface area contributed by atoms with E-state index in [1.54, 1.807) is 13.8 Å². The Bertz CT molecular complexity index is 416. The van der Waals surface area contributed by atoms with Crippen LogP contribution in [0.4, 0.5) is 18.9 Å². The fourth-order valence-corrected chi connectivity index (χ4v) is 2.10. The lowest BCUT2D eigenvalue weighted by Crippen LogP contribution is -2.15. The summed E-state index contributed by atoms with van der Waals surface area (Å²) in [6.07, 6.45) is -0.612. The lowest BCUT2D eigenvalue weighted by molar-refractivity contribution is -0.0523. The smallest absolute Gasteiger partial charge is 0.387 e. The van der Waals surface area contributed by atoms with Crippen molar-refractivity contribution in [3.63, 3.8) is 0 Å². The minimum absolute atomic E-state index is 0.117. The first-order chi connectivity index (χ1) is 8.31. The first-order valence-corrected chi connectivity index (χ1v) is 6.07. The maximum absolute atomic E-state index is 13.3. The van der Waals surface area contributed by atoms with Crippen LogP contribution in [-0.4, -0.2) is 23.1 Å². The molecule has 1 aromatic carbocycles. The van der Waals surface area contributed by atoms with Crippen LogP contribution in [0.5, 0.6) is 5.75 Å². The summed E-state index contributed by atoms with van der Waals surface area (Å²) in [6.45, 7) is 0.231. The number of nitrogens with two attached hydrogens (primary N) is 1. The molecule has 7 heteroatoms. The predicted octanol–water partition coefficient (Wildman–Crippen LogP) is 2.87. The van der Waals surface area contributed by atoms with Gasteiger partial charge in [-0.15, -0.1) is 11.8 Å².